The molecule has 2 heterocycles. The summed E-state index contributed by atoms with van der Waals surface area (Å²) in [7, 11) is 1.78. The molecule has 1 fully saturated rings. The number of hydrogen-bond acceptors (Lipinski definition) is 4. The average molecular weight is 272 g/mol. The van der Waals surface area contributed by atoms with Crippen LogP contribution in [0.2, 0.25) is 0 Å². The van der Waals surface area contributed by atoms with Crippen molar-refractivity contribution < 1.29 is 9.84 Å². The molecule has 0 atom stereocenters. The van der Waals surface area contributed by atoms with Gasteiger partial charge in [0.1, 0.15) is 5.82 Å². The molecule has 4 heteroatoms. The Hall–Kier alpha value is -1.65. The molecule has 4 nitrogen and oxygen atoms in total. The fraction of sp³-hybridized carbons (Fsp3) is 0.438. The molecule has 1 aliphatic heterocycles. The first kappa shape index (κ1) is 13.3. The van der Waals surface area contributed by atoms with E-state index in [9.17, 15) is 5.11 Å². The van der Waals surface area contributed by atoms with E-state index in [1.165, 1.54) is 0 Å². The lowest BCUT2D eigenvalue weighted by atomic mass is 10.0. The van der Waals surface area contributed by atoms with Crippen molar-refractivity contribution in [3.63, 3.8) is 0 Å². The lowest BCUT2D eigenvalue weighted by Gasteiger charge is -2.32. The van der Waals surface area contributed by atoms with E-state index >= 15 is 0 Å². The minimum Gasteiger partial charge on any atom is -0.392 e. The Morgan fingerprint density at radius 1 is 1.25 bits per heavy atom. The van der Waals surface area contributed by atoms with Crippen LogP contribution in [0, 0.1) is 0 Å². The molecule has 1 aliphatic rings. The average Bonchev–Trinajstić information content (AvgIpc) is 2.54. The number of methoxy groups -OCH3 is 1. The lowest BCUT2D eigenvalue weighted by Crippen LogP contribution is -2.37. The van der Waals surface area contributed by atoms with Gasteiger partial charge in [-0.05, 0) is 18.2 Å². The van der Waals surface area contributed by atoms with E-state index in [0.717, 1.165) is 48.1 Å². The molecule has 20 heavy (non-hydrogen) atoms. The molecular formula is C16H20N2O2. The van der Waals surface area contributed by atoms with E-state index in [2.05, 4.69) is 16.0 Å². The maximum atomic E-state index is 9.43. The van der Waals surface area contributed by atoms with Gasteiger partial charge < -0.3 is 14.7 Å². The summed E-state index contributed by atoms with van der Waals surface area (Å²) in [5.74, 6) is 1.02. The van der Waals surface area contributed by atoms with E-state index in [1.807, 2.05) is 18.2 Å². The van der Waals surface area contributed by atoms with Crippen LogP contribution < -0.4 is 4.90 Å². The molecular weight excluding hydrogens is 252 g/mol. The zero-order chi connectivity index (χ0) is 13.9. The normalized spacial score (nSPS) is 16.8. The highest BCUT2D eigenvalue weighted by atomic mass is 16.5. The van der Waals surface area contributed by atoms with Gasteiger partial charge in [-0.15, -0.1) is 0 Å². The molecule has 1 N–H and O–H groups in total. The van der Waals surface area contributed by atoms with Crippen molar-refractivity contribution in [2.45, 2.75) is 25.6 Å². The van der Waals surface area contributed by atoms with Crippen LogP contribution >= 0.6 is 0 Å². The van der Waals surface area contributed by atoms with Gasteiger partial charge in [-0.2, -0.15) is 0 Å². The summed E-state index contributed by atoms with van der Waals surface area (Å²) in [5.41, 5.74) is 0.885. The van der Waals surface area contributed by atoms with Crippen LogP contribution in [0.4, 0.5) is 5.82 Å². The fourth-order valence-electron chi connectivity index (χ4n) is 2.92. The fourth-order valence-corrected chi connectivity index (χ4v) is 2.92. The Labute approximate surface area is 119 Å². The van der Waals surface area contributed by atoms with Gasteiger partial charge in [-0.1, -0.05) is 24.3 Å². The SMILES string of the molecule is COC1CCN(c2ncc(CO)c3ccccc23)CC1. The van der Waals surface area contributed by atoms with Gasteiger partial charge in [0.15, 0.2) is 0 Å². The van der Waals surface area contributed by atoms with Crippen LogP contribution in [0.3, 0.4) is 0 Å². The number of benzene rings is 1. The van der Waals surface area contributed by atoms with Crippen molar-refractivity contribution in [2.75, 3.05) is 25.1 Å². The number of aliphatic hydroxyl groups is 1. The predicted molar refractivity (Wildman–Crippen MR) is 79.9 cm³/mol. The topological polar surface area (TPSA) is 45.6 Å². The number of ether oxygens (including phenoxy) is 1. The first-order chi connectivity index (χ1) is 9.83. The van der Waals surface area contributed by atoms with Crippen molar-refractivity contribution in [1.29, 1.82) is 0 Å². The van der Waals surface area contributed by atoms with E-state index in [4.69, 9.17) is 4.74 Å². The molecule has 1 saturated heterocycles. The lowest BCUT2D eigenvalue weighted by molar-refractivity contribution is 0.0818. The molecule has 1 aromatic heterocycles. The van der Waals surface area contributed by atoms with Gasteiger partial charge in [0, 0.05) is 37.3 Å². The Morgan fingerprint density at radius 2 is 1.95 bits per heavy atom. The van der Waals surface area contributed by atoms with Crippen molar-refractivity contribution in [2.24, 2.45) is 0 Å². The third-order valence-electron chi connectivity index (χ3n) is 4.10. The largest absolute Gasteiger partial charge is 0.392 e. The Balaban J connectivity index is 1.96. The molecule has 0 bridgehead atoms. The molecule has 0 radical (unpaired) electrons. The van der Waals surface area contributed by atoms with E-state index in [0.29, 0.717) is 6.10 Å². The van der Waals surface area contributed by atoms with Crippen LogP contribution in [0.1, 0.15) is 18.4 Å². The number of aliphatic hydroxyl groups excluding tert-OH is 1. The van der Waals surface area contributed by atoms with Gasteiger partial charge >= 0.3 is 0 Å². The molecule has 0 unspecified atom stereocenters. The van der Waals surface area contributed by atoms with Crippen LogP contribution in [0.15, 0.2) is 30.5 Å². The maximum absolute atomic E-state index is 9.43. The van der Waals surface area contributed by atoms with E-state index in [-0.39, 0.29) is 6.61 Å². The van der Waals surface area contributed by atoms with E-state index < -0.39 is 0 Å². The number of anilines is 1. The third-order valence-corrected chi connectivity index (χ3v) is 4.10. The summed E-state index contributed by atoms with van der Waals surface area (Å²) in [6, 6.07) is 8.16. The van der Waals surface area contributed by atoms with Gasteiger partial charge in [0.25, 0.3) is 0 Å². The smallest absolute Gasteiger partial charge is 0.136 e. The number of pyridine rings is 1. The number of piperidine rings is 1. The Bertz CT molecular complexity index is 592. The number of fused-ring (bicyclic) bond motifs is 1. The molecule has 1 aromatic carbocycles. The van der Waals surface area contributed by atoms with Gasteiger partial charge in [0.2, 0.25) is 0 Å². The minimum atomic E-state index is 0.0273. The maximum Gasteiger partial charge on any atom is 0.136 e. The molecule has 0 aliphatic carbocycles. The molecule has 0 spiro atoms. The number of aromatic nitrogens is 1. The molecule has 2 aromatic rings. The summed E-state index contributed by atoms with van der Waals surface area (Å²) < 4.78 is 5.42. The van der Waals surface area contributed by atoms with Crippen LogP contribution in [-0.4, -0.2) is 36.4 Å². The Morgan fingerprint density at radius 3 is 2.60 bits per heavy atom. The zero-order valence-corrected chi connectivity index (χ0v) is 11.7. The summed E-state index contributed by atoms with van der Waals surface area (Å²) in [4.78, 5) is 6.90. The summed E-state index contributed by atoms with van der Waals surface area (Å²) in [5, 5.41) is 11.6. The highest BCUT2D eigenvalue weighted by Crippen LogP contribution is 2.29. The molecule has 3 rings (SSSR count). The van der Waals surface area contributed by atoms with Crippen molar-refractivity contribution in [1.82, 2.24) is 4.98 Å². The first-order valence-corrected chi connectivity index (χ1v) is 7.08. The van der Waals surface area contributed by atoms with Crippen LogP contribution in [-0.2, 0) is 11.3 Å². The molecule has 0 saturated carbocycles. The molecule has 106 valence electrons. The quantitative estimate of drug-likeness (QED) is 0.931. The summed E-state index contributed by atoms with van der Waals surface area (Å²) >= 11 is 0. The highest BCUT2D eigenvalue weighted by molar-refractivity contribution is 5.94. The number of nitrogens with zero attached hydrogens (tertiary/aromatic N) is 2. The number of rotatable bonds is 3. The second-order valence-corrected chi connectivity index (χ2v) is 5.23. The van der Waals surface area contributed by atoms with Crippen LogP contribution in [0.5, 0.6) is 0 Å². The predicted octanol–water partition coefficient (Wildman–Crippen LogP) is 2.34. The van der Waals surface area contributed by atoms with E-state index in [1.54, 1.807) is 13.3 Å². The second-order valence-electron chi connectivity index (χ2n) is 5.23. The van der Waals surface area contributed by atoms with Gasteiger partial charge in [-0.25, -0.2) is 4.98 Å². The summed E-state index contributed by atoms with van der Waals surface area (Å²) in [6.45, 7) is 1.96. The standard InChI is InChI=1S/C16H20N2O2/c1-20-13-6-8-18(9-7-13)16-15-5-3-2-4-14(15)12(11-19)10-17-16/h2-5,10,13,19H,6-9,11H2,1H3. The van der Waals surface area contributed by atoms with Gasteiger partial charge in [0.05, 0.1) is 12.7 Å². The monoisotopic (exact) mass is 272 g/mol. The summed E-state index contributed by atoms with van der Waals surface area (Å²) in [6.07, 6.45) is 4.23. The second kappa shape index (κ2) is 5.77. The van der Waals surface area contributed by atoms with Crippen LogP contribution in [0.25, 0.3) is 10.8 Å². The Kier molecular flexibility index (Phi) is 3.85. The number of hydrogen-bond donors (Lipinski definition) is 1. The van der Waals surface area contributed by atoms with Crippen molar-refractivity contribution >= 4 is 16.6 Å². The third kappa shape index (κ3) is 2.37. The van der Waals surface area contributed by atoms with Crippen molar-refractivity contribution in [3.8, 4) is 0 Å². The first-order valence-electron chi connectivity index (χ1n) is 7.08. The van der Waals surface area contributed by atoms with Gasteiger partial charge in [-0.3, -0.25) is 0 Å². The van der Waals surface area contributed by atoms with Crippen molar-refractivity contribution in [3.05, 3.63) is 36.0 Å². The zero-order valence-electron chi connectivity index (χ0n) is 11.7. The molecule has 0 amide bonds. The highest BCUT2D eigenvalue weighted by Gasteiger charge is 2.21. The minimum absolute atomic E-state index is 0.0273.